The van der Waals surface area contributed by atoms with E-state index in [0.717, 1.165) is 51.4 Å². The van der Waals surface area contributed by atoms with Crippen LogP contribution >= 0.6 is 0 Å². The van der Waals surface area contributed by atoms with Crippen LogP contribution in [-0.2, 0) is 29.2 Å². The Morgan fingerprint density at radius 3 is 0.396 bits per heavy atom. The van der Waals surface area contributed by atoms with Crippen LogP contribution in [0.4, 0.5) is 0 Å². The predicted octanol–water partition coefficient (Wildman–Crippen LogP) is 27.9. The normalized spacial score (nSPS) is 12.5. The van der Waals surface area contributed by atoms with Crippen LogP contribution in [-0.4, -0.2) is 76.9 Å². The van der Waals surface area contributed by atoms with Crippen molar-refractivity contribution in [1.29, 1.82) is 0 Å². The van der Waals surface area contributed by atoms with E-state index in [0.29, 0.717) is 0 Å². The maximum atomic E-state index is 11.0. The van der Waals surface area contributed by atoms with Crippen molar-refractivity contribution >= 4 is 58.5 Å². The van der Waals surface area contributed by atoms with Crippen LogP contribution in [0.3, 0.4) is 0 Å². The molecule has 544 valence electrons. The molecule has 91 heavy (non-hydrogen) atoms. The molecule has 0 fully saturated rings. The molecule has 2 unspecified atom stereocenters. The van der Waals surface area contributed by atoms with Gasteiger partial charge in [0.25, 0.3) is 0 Å². The second-order valence-electron chi connectivity index (χ2n) is 28.9. The molecule has 0 aliphatic carbocycles. The molecule has 0 aliphatic rings. The van der Waals surface area contributed by atoms with Gasteiger partial charge in [-0.25, -0.2) is 16.8 Å². The van der Waals surface area contributed by atoms with Crippen molar-refractivity contribution in [1.82, 2.24) is 0 Å². The Kier molecular flexibility index (Phi) is 86.3. The van der Waals surface area contributed by atoms with Gasteiger partial charge in [-0.15, -0.1) is 0 Å². The Bertz CT molecular complexity index is 1420. The van der Waals surface area contributed by atoms with Gasteiger partial charge in [0.15, 0.2) is 0 Å². The molecule has 0 N–H and O–H groups in total. The first-order valence-corrected chi connectivity index (χ1v) is 43.9. The average Bonchev–Trinajstić information content (AvgIpc) is 3.67. The molecule has 0 saturated carbocycles. The zero-order valence-corrected chi connectivity index (χ0v) is 66.1. The molecule has 0 saturated heterocycles. The van der Waals surface area contributed by atoms with Crippen LogP contribution < -0.4 is 0 Å². The summed E-state index contributed by atoms with van der Waals surface area (Å²) < 4.78 is 75.5. The summed E-state index contributed by atoms with van der Waals surface area (Å²) in [6.07, 6.45) is 96.5. The largest absolute Gasteiger partial charge is 2.00 e. The molecule has 0 aromatic heterocycles. The van der Waals surface area contributed by atoms with Crippen molar-refractivity contribution in [3.8, 4) is 0 Å². The summed E-state index contributed by atoms with van der Waals surface area (Å²) in [5, 5.41) is 0. The number of unbranched alkanes of at least 4 members (excludes halogenated alkanes) is 64. The van der Waals surface area contributed by atoms with Crippen molar-refractivity contribution in [3.05, 3.63) is 0 Å². The molecule has 0 radical (unpaired) electrons. The number of hydrogen-bond acceptors (Lipinski definition) is 8. The molecular weight excluding hydrogens is 1190 g/mol. The van der Waals surface area contributed by atoms with Crippen molar-refractivity contribution < 1.29 is 34.3 Å². The fourth-order valence-electron chi connectivity index (χ4n) is 13.6. The zero-order chi connectivity index (χ0) is 65.9. The first-order valence-electron chi connectivity index (χ1n) is 41.2. The van der Waals surface area contributed by atoms with E-state index in [1.54, 1.807) is 0 Å². The van der Waals surface area contributed by atoms with Crippen molar-refractivity contribution in [2.24, 2.45) is 11.8 Å². The van der Waals surface area contributed by atoms with Gasteiger partial charge in [0, 0.05) is 0 Å². The zero-order valence-electron chi connectivity index (χ0n) is 62.3. The molecule has 0 aliphatic heterocycles. The van der Waals surface area contributed by atoms with E-state index in [1.807, 2.05) is 0 Å². The summed E-state index contributed by atoms with van der Waals surface area (Å²) in [6, 6.07) is 0. The molecule has 8 nitrogen and oxygen atoms in total. The Hall–Kier alpha value is 1.000. The quantitative estimate of drug-likeness (QED) is 0.0254. The molecule has 2 atom stereocenters. The van der Waals surface area contributed by atoms with E-state index in [1.165, 1.54) is 411 Å². The van der Waals surface area contributed by atoms with Gasteiger partial charge in [0.2, 0.25) is 20.8 Å². The van der Waals surface area contributed by atoms with Crippen LogP contribution in [0, 0.1) is 11.8 Å². The van der Waals surface area contributed by atoms with Crippen molar-refractivity contribution in [2.45, 2.75) is 490 Å². The molecule has 0 aromatic rings. The fourth-order valence-corrected chi connectivity index (χ4v) is 14.3. The molecule has 0 spiro atoms. The second-order valence-corrected chi connectivity index (χ2v) is 31.0. The number of hydrogen-bond donors (Lipinski definition) is 0. The van der Waals surface area contributed by atoms with E-state index in [-0.39, 0.29) is 62.8 Å². The van der Waals surface area contributed by atoms with Gasteiger partial charge in [0.05, 0.1) is 13.2 Å². The summed E-state index contributed by atoms with van der Waals surface area (Å²) in [5.41, 5.74) is 0. The van der Waals surface area contributed by atoms with E-state index >= 15 is 0 Å². The molecule has 0 rings (SSSR count). The average molecular weight is 1360 g/mol. The summed E-state index contributed by atoms with van der Waals surface area (Å²) in [4.78, 5) is 0. The minimum Gasteiger partial charge on any atom is -0.726 e. The third-order valence-electron chi connectivity index (χ3n) is 19.8. The first kappa shape index (κ1) is 96.2. The first-order chi connectivity index (χ1) is 44.0. The minimum atomic E-state index is -4.59. The van der Waals surface area contributed by atoms with E-state index in [9.17, 15) is 25.9 Å². The van der Waals surface area contributed by atoms with Crippen LogP contribution in [0.1, 0.15) is 490 Å². The third-order valence-corrected chi connectivity index (χ3v) is 20.6. The SMILES string of the molecule is CCCCCCCCCCCCCCCCCCCCCC(CCCCCCCCCCCCCCCCC)COS(=O)(=O)[O-].CCCCCCCCCCCCCCCCCCCCCC(CCCCCCCCCCCCCCCCC)COS(=O)(=O)[O-].[Ca+2]. The monoisotopic (exact) mass is 1360 g/mol. The topological polar surface area (TPSA) is 133 Å². The van der Waals surface area contributed by atoms with Gasteiger partial charge >= 0.3 is 37.7 Å². The second kappa shape index (κ2) is 81.7. The van der Waals surface area contributed by atoms with E-state index < -0.39 is 20.8 Å². The Morgan fingerprint density at radius 1 is 0.198 bits per heavy atom. The van der Waals surface area contributed by atoms with Crippen LogP contribution in [0.5, 0.6) is 0 Å². The Balaban J connectivity index is -0.00000168. The van der Waals surface area contributed by atoms with Gasteiger partial charge in [-0.05, 0) is 37.5 Å². The molecule has 11 heteroatoms. The van der Waals surface area contributed by atoms with Crippen molar-refractivity contribution in [3.63, 3.8) is 0 Å². The van der Waals surface area contributed by atoms with Gasteiger partial charge < -0.3 is 9.11 Å². The maximum Gasteiger partial charge on any atom is 2.00 e. The maximum absolute atomic E-state index is 11.0. The summed E-state index contributed by atoms with van der Waals surface area (Å²) in [6.45, 7) is 9.28. The molecule has 0 aromatic carbocycles. The standard InChI is InChI=1S/2C40H82O4S.Ca/c2*1-3-5-7-9-11-13-15-17-19-20-21-22-24-26-28-30-32-34-36-38-40(39-44-45(41,42)43)37-35-33-31-29-27-25-23-18-16-14-12-10-8-6-4-2;/h2*40H,3-39H2,1-2H3,(H,41,42,43);/q;;+2/p-2. The van der Waals surface area contributed by atoms with Crippen LogP contribution in [0.15, 0.2) is 0 Å². The third kappa shape index (κ3) is 91.0. The summed E-state index contributed by atoms with van der Waals surface area (Å²) in [5.74, 6) is 0.392. The molecule has 0 amide bonds. The summed E-state index contributed by atoms with van der Waals surface area (Å²) in [7, 11) is -9.19. The Labute approximate surface area is 603 Å². The van der Waals surface area contributed by atoms with Gasteiger partial charge in [0.1, 0.15) is 0 Å². The van der Waals surface area contributed by atoms with E-state index in [4.69, 9.17) is 0 Å². The molecular formula is C80H162CaO8S2. The van der Waals surface area contributed by atoms with Gasteiger partial charge in [-0.2, -0.15) is 0 Å². The van der Waals surface area contributed by atoms with Gasteiger partial charge in [-0.3, -0.25) is 8.37 Å². The van der Waals surface area contributed by atoms with Crippen LogP contribution in [0.25, 0.3) is 0 Å². The predicted molar refractivity (Wildman–Crippen MR) is 399 cm³/mol. The molecule has 0 heterocycles. The van der Waals surface area contributed by atoms with Crippen molar-refractivity contribution in [2.75, 3.05) is 13.2 Å². The molecule has 0 bridgehead atoms. The fraction of sp³-hybridized carbons (Fsp3) is 1.00. The summed E-state index contributed by atoms with van der Waals surface area (Å²) >= 11 is 0. The van der Waals surface area contributed by atoms with E-state index in [2.05, 4.69) is 36.1 Å². The minimum absolute atomic E-state index is 0. The smallest absolute Gasteiger partial charge is 0.726 e. The van der Waals surface area contributed by atoms with Crippen LogP contribution in [0.2, 0.25) is 0 Å². The van der Waals surface area contributed by atoms with Gasteiger partial charge in [-0.1, -0.05) is 464 Å². The number of rotatable bonds is 78. The Morgan fingerprint density at radius 2 is 0.297 bits per heavy atom.